The predicted molar refractivity (Wildman–Crippen MR) is 77.5 cm³/mol. The van der Waals surface area contributed by atoms with E-state index in [4.69, 9.17) is 0 Å². The molecule has 0 aliphatic carbocycles. The number of sulfonamides is 1. The Morgan fingerprint density at radius 2 is 1.79 bits per heavy atom. The molecule has 4 heteroatoms. The molecule has 1 heterocycles. The van der Waals surface area contributed by atoms with Gasteiger partial charge in [0.2, 0.25) is 10.0 Å². The summed E-state index contributed by atoms with van der Waals surface area (Å²) in [5.74, 6) is 0. The lowest BCUT2D eigenvalue weighted by Crippen LogP contribution is -2.32. The van der Waals surface area contributed by atoms with Gasteiger partial charge in [0.1, 0.15) is 0 Å². The van der Waals surface area contributed by atoms with Gasteiger partial charge in [0.05, 0.1) is 4.90 Å². The zero-order chi connectivity index (χ0) is 14.1. The summed E-state index contributed by atoms with van der Waals surface area (Å²) >= 11 is 0. The van der Waals surface area contributed by atoms with Gasteiger partial charge >= 0.3 is 0 Å². The first-order valence-corrected chi connectivity index (χ1v) is 8.00. The maximum absolute atomic E-state index is 12.6. The summed E-state index contributed by atoms with van der Waals surface area (Å²) in [5, 5.41) is 0. The van der Waals surface area contributed by atoms with E-state index < -0.39 is 10.0 Å². The van der Waals surface area contributed by atoms with Crippen molar-refractivity contribution in [2.45, 2.75) is 32.1 Å². The topological polar surface area (TPSA) is 37.4 Å². The molecule has 0 radical (unpaired) electrons. The molecule has 2 rings (SSSR count). The molecule has 0 unspecified atom stereocenters. The number of benzene rings is 1. The number of hydrogen-bond donors (Lipinski definition) is 0. The van der Waals surface area contributed by atoms with E-state index in [1.165, 1.54) is 0 Å². The molecule has 0 bridgehead atoms. The molecule has 104 valence electrons. The van der Waals surface area contributed by atoms with Crippen LogP contribution >= 0.6 is 0 Å². The summed E-state index contributed by atoms with van der Waals surface area (Å²) in [6, 6.07) is 7.05. The van der Waals surface area contributed by atoms with Crippen molar-refractivity contribution >= 4 is 10.0 Å². The lowest BCUT2D eigenvalue weighted by Gasteiger charge is -2.22. The second kappa shape index (κ2) is 5.10. The Balaban J connectivity index is 2.26. The number of nitrogens with zero attached hydrogens (tertiary/aromatic N) is 1. The largest absolute Gasteiger partial charge is 0.243 e. The monoisotopic (exact) mass is 279 g/mol. The zero-order valence-electron chi connectivity index (χ0n) is 11.8. The maximum Gasteiger partial charge on any atom is 0.243 e. The quantitative estimate of drug-likeness (QED) is 0.781. The highest BCUT2D eigenvalue weighted by Crippen LogP contribution is 2.27. The molecular formula is C15H21NO2S. The average Bonchev–Trinajstić information content (AvgIpc) is 2.51. The molecule has 1 aromatic carbocycles. The molecule has 0 saturated heterocycles. The molecule has 1 aliphatic heterocycles. The molecule has 0 N–H and O–H groups in total. The van der Waals surface area contributed by atoms with Gasteiger partial charge in [0.15, 0.2) is 0 Å². The molecule has 1 aliphatic rings. The van der Waals surface area contributed by atoms with Crippen LogP contribution in [0, 0.1) is 12.3 Å². The molecule has 0 fully saturated rings. The van der Waals surface area contributed by atoms with E-state index in [1.54, 1.807) is 16.4 Å². The summed E-state index contributed by atoms with van der Waals surface area (Å²) in [6.45, 7) is 7.24. The van der Waals surface area contributed by atoms with Gasteiger partial charge in [-0.25, -0.2) is 8.42 Å². The molecule has 0 aromatic heterocycles. The Bertz CT molecular complexity index is 571. The van der Waals surface area contributed by atoms with Crippen LogP contribution in [0.5, 0.6) is 0 Å². The van der Waals surface area contributed by atoms with Crippen LogP contribution in [-0.4, -0.2) is 25.8 Å². The van der Waals surface area contributed by atoms with Crippen molar-refractivity contribution in [1.82, 2.24) is 4.31 Å². The SMILES string of the molecule is Cc1ccc(S(=O)(=O)N2CC=CC(C)(C)CC2)cc1. The molecule has 1 aromatic rings. The van der Waals surface area contributed by atoms with Crippen LogP contribution in [0.4, 0.5) is 0 Å². The smallest absolute Gasteiger partial charge is 0.207 e. The Morgan fingerprint density at radius 1 is 1.16 bits per heavy atom. The Hall–Kier alpha value is -1.13. The molecule has 0 saturated carbocycles. The average molecular weight is 279 g/mol. The van der Waals surface area contributed by atoms with Crippen molar-refractivity contribution in [2.75, 3.05) is 13.1 Å². The second-order valence-corrected chi connectivity index (χ2v) is 7.75. The van der Waals surface area contributed by atoms with E-state index in [0.29, 0.717) is 18.0 Å². The second-order valence-electron chi connectivity index (χ2n) is 5.82. The van der Waals surface area contributed by atoms with Crippen molar-refractivity contribution in [3.63, 3.8) is 0 Å². The summed E-state index contributed by atoms with van der Waals surface area (Å²) in [7, 11) is -3.37. The van der Waals surface area contributed by atoms with Gasteiger partial charge in [-0.15, -0.1) is 0 Å². The minimum atomic E-state index is -3.37. The highest BCUT2D eigenvalue weighted by Gasteiger charge is 2.27. The number of aryl methyl sites for hydroxylation is 1. The van der Waals surface area contributed by atoms with Crippen molar-refractivity contribution in [3.05, 3.63) is 42.0 Å². The minimum Gasteiger partial charge on any atom is -0.207 e. The van der Waals surface area contributed by atoms with Crippen molar-refractivity contribution < 1.29 is 8.42 Å². The first-order chi connectivity index (χ1) is 8.81. The predicted octanol–water partition coefficient (Wildman–Crippen LogP) is 2.97. The van der Waals surface area contributed by atoms with Crippen LogP contribution in [0.2, 0.25) is 0 Å². The van der Waals surface area contributed by atoms with E-state index in [2.05, 4.69) is 19.9 Å². The van der Waals surface area contributed by atoms with Gasteiger partial charge in [0.25, 0.3) is 0 Å². The highest BCUT2D eigenvalue weighted by molar-refractivity contribution is 7.89. The van der Waals surface area contributed by atoms with E-state index >= 15 is 0 Å². The third-order valence-corrected chi connectivity index (χ3v) is 5.42. The first-order valence-electron chi connectivity index (χ1n) is 6.56. The lowest BCUT2D eigenvalue weighted by atomic mass is 9.90. The third kappa shape index (κ3) is 3.25. The summed E-state index contributed by atoms with van der Waals surface area (Å²) < 4.78 is 26.7. The van der Waals surface area contributed by atoms with E-state index in [9.17, 15) is 8.42 Å². The van der Waals surface area contributed by atoms with Gasteiger partial charge in [-0.05, 0) is 30.9 Å². The maximum atomic E-state index is 12.6. The van der Waals surface area contributed by atoms with Crippen LogP contribution in [0.15, 0.2) is 41.3 Å². The van der Waals surface area contributed by atoms with Crippen LogP contribution in [0.3, 0.4) is 0 Å². The fraction of sp³-hybridized carbons (Fsp3) is 0.467. The Kier molecular flexibility index (Phi) is 3.83. The summed E-state index contributed by atoms with van der Waals surface area (Å²) in [6.07, 6.45) is 4.91. The number of rotatable bonds is 2. The van der Waals surface area contributed by atoms with Gasteiger partial charge in [-0.2, -0.15) is 4.31 Å². The van der Waals surface area contributed by atoms with Crippen molar-refractivity contribution in [1.29, 1.82) is 0 Å². The van der Waals surface area contributed by atoms with Crippen LogP contribution < -0.4 is 0 Å². The van der Waals surface area contributed by atoms with Gasteiger partial charge in [-0.3, -0.25) is 0 Å². The summed E-state index contributed by atoms with van der Waals surface area (Å²) in [5.41, 5.74) is 1.13. The molecule has 0 atom stereocenters. The van der Waals surface area contributed by atoms with Crippen LogP contribution in [0.25, 0.3) is 0 Å². The lowest BCUT2D eigenvalue weighted by molar-refractivity contribution is 0.370. The normalized spacial score (nSPS) is 20.2. The fourth-order valence-corrected chi connectivity index (χ4v) is 3.55. The highest BCUT2D eigenvalue weighted by atomic mass is 32.2. The molecule has 19 heavy (non-hydrogen) atoms. The van der Waals surface area contributed by atoms with E-state index in [-0.39, 0.29) is 5.41 Å². The first kappa shape index (κ1) is 14.3. The van der Waals surface area contributed by atoms with E-state index in [1.807, 2.05) is 25.1 Å². The fourth-order valence-electron chi connectivity index (χ4n) is 2.15. The van der Waals surface area contributed by atoms with Crippen LogP contribution in [0.1, 0.15) is 25.8 Å². The summed E-state index contributed by atoms with van der Waals surface area (Å²) in [4.78, 5) is 0.381. The van der Waals surface area contributed by atoms with Gasteiger partial charge < -0.3 is 0 Å². The third-order valence-electron chi connectivity index (χ3n) is 3.54. The number of allylic oxidation sites excluding steroid dienone is 1. The Labute approximate surface area is 116 Å². The minimum absolute atomic E-state index is 0.0670. The van der Waals surface area contributed by atoms with Crippen molar-refractivity contribution in [2.24, 2.45) is 5.41 Å². The van der Waals surface area contributed by atoms with E-state index in [0.717, 1.165) is 12.0 Å². The van der Waals surface area contributed by atoms with Crippen molar-refractivity contribution in [3.8, 4) is 0 Å². The molecular weight excluding hydrogens is 258 g/mol. The van der Waals surface area contributed by atoms with Gasteiger partial charge in [0, 0.05) is 13.1 Å². The zero-order valence-corrected chi connectivity index (χ0v) is 12.6. The van der Waals surface area contributed by atoms with Gasteiger partial charge in [-0.1, -0.05) is 43.7 Å². The molecule has 0 spiro atoms. The number of hydrogen-bond acceptors (Lipinski definition) is 2. The molecule has 0 amide bonds. The van der Waals surface area contributed by atoms with Crippen LogP contribution in [-0.2, 0) is 10.0 Å². The standard InChI is InChI=1S/C15H21NO2S/c1-13-5-7-14(8-6-13)19(17,18)16-11-4-9-15(2,3)10-12-16/h4-9H,10-12H2,1-3H3. The molecule has 3 nitrogen and oxygen atoms in total. The Morgan fingerprint density at radius 3 is 2.42 bits per heavy atom.